The predicted molar refractivity (Wildman–Crippen MR) is 242 cm³/mol. The molecule has 310 valence electrons. The molecule has 0 spiro atoms. The molecule has 4 N–H and O–H groups in total. The standard InChI is InChI=1S/C50H64O6P2/c1-2-3-4-5-6-7-8-9-10-11-12-13-14-15-25-40-55-41-49(42-32-36-47(37-33-42)57(51)52,56-46-34-38-48(39-35-46)58(53)54)50(43-26-19-16-20-27-43,44-28-21-17-22-29-44)45-30-23-18-24-31-45/h16-24,26-39,51-54H,2-15,25,40-41H2,1H3/t49-/m0/s1. The van der Waals surface area contributed by atoms with E-state index in [-0.39, 0.29) is 6.61 Å². The molecule has 8 heteroatoms. The number of hydrogen-bond acceptors (Lipinski definition) is 6. The lowest BCUT2D eigenvalue weighted by atomic mass is 9.57. The van der Waals surface area contributed by atoms with E-state index in [0.717, 1.165) is 35.1 Å². The molecule has 1 atom stereocenters. The van der Waals surface area contributed by atoms with Gasteiger partial charge in [-0.05, 0) is 65.1 Å². The minimum atomic E-state index is -2.31. The van der Waals surface area contributed by atoms with Gasteiger partial charge in [-0.3, -0.25) is 0 Å². The molecular weight excluding hydrogens is 758 g/mol. The highest BCUT2D eigenvalue weighted by Gasteiger charge is 2.58. The SMILES string of the molecule is CCCCCCCCCCCCCCCCCOC[C@](Oc1ccc(P(O)O)cc1)(c1ccc(P(O)O)cc1)C(c1ccccc1)(c1ccccc1)c1ccccc1. The van der Waals surface area contributed by atoms with Gasteiger partial charge in [-0.15, -0.1) is 0 Å². The van der Waals surface area contributed by atoms with E-state index in [1.165, 1.54) is 83.5 Å². The van der Waals surface area contributed by atoms with Gasteiger partial charge >= 0.3 is 0 Å². The van der Waals surface area contributed by atoms with E-state index in [2.05, 4.69) is 43.3 Å². The van der Waals surface area contributed by atoms with Crippen molar-refractivity contribution in [1.82, 2.24) is 0 Å². The summed E-state index contributed by atoms with van der Waals surface area (Å²) in [5.41, 5.74) is 1.48. The van der Waals surface area contributed by atoms with E-state index >= 15 is 0 Å². The van der Waals surface area contributed by atoms with Crippen molar-refractivity contribution in [2.24, 2.45) is 0 Å². The third kappa shape index (κ3) is 12.3. The molecule has 5 aromatic rings. The first-order valence-corrected chi connectivity index (χ1v) is 23.9. The van der Waals surface area contributed by atoms with Crippen molar-refractivity contribution < 1.29 is 29.0 Å². The number of rotatable bonds is 27. The first kappa shape index (κ1) is 45.6. The van der Waals surface area contributed by atoms with Crippen molar-refractivity contribution in [3.8, 4) is 5.75 Å². The van der Waals surface area contributed by atoms with Crippen LogP contribution in [0.15, 0.2) is 140 Å². The summed E-state index contributed by atoms with van der Waals surface area (Å²) in [6.07, 6.45) is 19.4. The second-order valence-electron chi connectivity index (χ2n) is 15.4. The zero-order chi connectivity index (χ0) is 40.9. The Balaban J connectivity index is 1.44. The average molecular weight is 823 g/mol. The normalized spacial score (nSPS) is 12.9. The minimum absolute atomic E-state index is 0.158. The van der Waals surface area contributed by atoms with Gasteiger partial charge in [0, 0.05) is 17.2 Å². The molecule has 0 saturated carbocycles. The number of hydrogen-bond donors (Lipinski definition) is 4. The van der Waals surface area contributed by atoms with E-state index in [4.69, 9.17) is 9.47 Å². The fourth-order valence-corrected chi connectivity index (χ4v) is 9.17. The van der Waals surface area contributed by atoms with E-state index in [1.54, 1.807) is 36.4 Å². The second-order valence-corrected chi connectivity index (χ2v) is 17.6. The lowest BCUT2D eigenvalue weighted by molar-refractivity contribution is -0.0650. The smallest absolute Gasteiger partial charge is 0.199 e. The van der Waals surface area contributed by atoms with Crippen LogP contribution in [0.1, 0.15) is 125 Å². The minimum Gasteiger partial charge on any atom is -0.478 e. The molecule has 0 aliphatic rings. The van der Waals surface area contributed by atoms with Crippen LogP contribution in [-0.2, 0) is 15.8 Å². The number of benzene rings is 5. The molecule has 5 aromatic carbocycles. The fraction of sp³-hybridized carbons (Fsp3) is 0.400. The third-order valence-corrected chi connectivity index (χ3v) is 12.9. The van der Waals surface area contributed by atoms with Crippen molar-refractivity contribution in [3.05, 3.63) is 162 Å². The first-order valence-electron chi connectivity index (χ1n) is 21.4. The van der Waals surface area contributed by atoms with Crippen molar-refractivity contribution in [2.75, 3.05) is 13.2 Å². The van der Waals surface area contributed by atoms with Gasteiger partial charge in [0.2, 0.25) is 0 Å². The Labute approximate surface area is 350 Å². The van der Waals surface area contributed by atoms with Gasteiger partial charge in [0.05, 0.1) is 12.0 Å². The monoisotopic (exact) mass is 822 g/mol. The molecule has 0 aliphatic carbocycles. The van der Waals surface area contributed by atoms with Crippen LogP contribution in [0.3, 0.4) is 0 Å². The summed E-state index contributed by atoms with van der Waals surface area (Å²) < 4.78 is 14.3. The van der Waals surface area contributed by atoms with Gasteiger partial charge in [0.15, 0.2) is 22.4 Å². The molecule has 0 aromatic heterocycles. The van der Waals surface area contributed by atoms with Crippen LogP contribution in [0.5, 0.6) is 5.75 Å². The summed E-state index contributed by atoms with van der Waals surface area (Å²) in [6, 6.07) is 45.4. The molecule has 0 fully saturated rings. The van der Waals surface area contributed by atoms with Crippen LogP contribution < -0.4 is 15.3 Å². The van der Waals surface area contributed by atoms with Crippen LogP contribution in [-0.4, -0.2) is 32.8 Å². The highest BCUT2D eigenvalue weighted by atomic mass is 31.2. The Morgan fingerprint density at radius 1 is 0.414 bits per heavy atom. The number of unbranched alkanes of at least 4 members (excludes halogenated alkanes) is 14. The quantitative estimate of drug-likeness (QED) is 0.0239. The lowest BCUT2D eigenvalue weighted by Crippen LogP contribution is -2.57. The summed E-state index contributed by atoms with van der Waals surface area (Å²) in [5.74, 6) is 0.527. The van der Waals surface area contributed by atoms with Crippen LogP contribution >= 0.6 is 16.8 Å². The maximum atomic E-state index is 10.2. The van der Waals surface area contributed by atoms with E-state index < -0.39 is 27.8 Å². The van der Waals surface area contributed by atoms with Crippen LogP contribution in [0.25, 0.3) is 0 Å². The van der Waals surface area contributed by atoms with Crippen LogP contribution in [0.2, 0.25) is 0 Å². The third-order valence-electron chi connectivity index (χ3n) is 11.3. The van der Waals surface area contributed by atoms with Crippen LogP contribution in [0, 0.1) is 0 Å². The van der Waals surface area contributed by atoms with E-state index in [9.17, 15) is 19.6 Å². The molecule has 58 heavy (non-hydrogen) atoms. The molecule has 0 aliphatic heterocycles. The summed E-state index contributed by atoms with van der Waals surface area (Å²) >= 11 is 0. The fourth-order valence-electron chi connectivity index (χ4n) is 8.34. The number of ether oxygens (including phenoxy) is 2. The molecule has 0 bridgehead atoms. The molecule has 0 unspecified atom stereocenters. The summed E-state index contributed by atoms with van der Waals surface area (Å²) in [7, 11) is -4.59. The Kier molecular flexibility index (Phi) is 19.4. The summed E-state index contributed by atoms with van der Waals surface area (Å²) in [4.78, 5) is 40.4. The zero-order valence-electron chi connectivity index (χ0n) is 34.3. The van der Waals surface area contributed by atoms with Crippen LogP contribution in [0.4, 0.5) is 0 Å². The van der Waals surface area contributed by atoms with Gasteiger partial charge < -0.3 is 29.0 Å². The highest BCUT2D eigenvalue weighted by molar-refractivity contribution is 7.54. The topological polar surface area (TPSA) is 99.4 Å². The van der Waals surface area contributed by atoms with E-state index in [0.29, 0.717) is 23.0 Å². The van der Waals surface area contributed by atoms with Crippen molar-refractivity contribution in [3.63, 3.8) is 0 Å². The van der Waals surface area contributed by atoms with Crippen molar-refractivity contribution >= 4 is 27.4 Å². The molecule has 6 nitrogen and oxygen atoms in total. The van der Waals surface area contributed by atoms with Gasteiger partial charge in [0.1, 0.15) is 5.75 Å². The van der Waals surface area contributed by atoms with Gasteiger partial charge in [-0.25, -0.2) is 0 Å². The second kappa shape index (κ2) is 24.6. The Hall–Kier alpha value is -3.44. The lowest BCUT2D eigenvalue weighted by Gasteiger charge is -2.51. The Morgan fingerprint density at radius 3 is 1.16 bits per heavy atom. The predicted octanol–water partition coefficient (Wildman–Crippen LogP) is 11.7. The van der Waals surface area contributed by atoms with Gasteiger partial charge in [-0.2, -0.15) is 0 Å². The molecule has 0 amide bonds. The molecule has 0 saturated heterocycles. The maximum Gasteiger partial charge on any atom is 0.199 e. The van der Waals surface area contributed by atoms with E-state index in [1.807, 2.05) is 66.7 Å². The Morgan fingerprint density at radius 2 is 0.776 bits per heavy atom. The summed E-state index contributed by atoms with van der Waals surface area (Å²) in [6.45, 7) is 2.98. The molecule has 0 radical (unpaired) electrons. The largest absolute Gasteiger partial charge is 0.478 e. The maximum absolute atomic E-state index is 10.2. The van der Waals surface area contributed by atoms with Gasteiger partial charge in [-0.1, -0.05) is 200 Å². The average Bonchev–Trinajstić information content (AvgIpc) is 3.26. The molecule has 0 heterocycles. The molecular formula is C50H64O6P2. The molecule has 5 rings (SSSR count). The summed E-state index contributed by atoms with van der Waals surface area (Å²) in [5, 5.41) is 0.848. The first-order chi connectivity index (χ1) is 28.4. The Bertz CT molecular complexity index is 1730. The zero-order valence-corrected chi connectivity index (χ0v) is 36.1. The highest BCUT2D eigenvalue weighted by Crippen LogP contribution is 2.54. The van der Waals surface area contributed by atoms with Crippen molar-refractivity contribution in [2.45, 2.75) is 114 Å². The van der Waals surface area contributed by atoms with Crippen molar-refractivity contribution in [1.29, 1.82) is 0 Å². The van der Waals surface area contributed by atoms with Gasteiger partial charge in [0.25, 0.3) is 0 Å².